The molecular weight excluding hydrogens is 382 g/mol. The summed E-state index contributed by atoms with van der Waals surface area (Å²) >= 11 is 9.73. The van der Waals surface area contributed by atoms with Gasteiger partial charge in [-0.3, -0.25) is 9.59 Å². The lowest BCUT2D eigenvalue weighted by atomic mass is 10.0. The highest BCUT2D eigenvalue weighted by Crippen LogP contribution is 2.46. The Morgan fingerprint density at radius 2 is 2.17 bits per heavy atom. The van der Waals surface area contributed by atoms with Gasteiger partial charge in [0.25, 0.3) is 6.47 Å². The van der Waals surface area contributed by atoms with Crippen molar-refractivity contribution in [3.05, 3.63) is 56.0 Å². The van der Waals surface area contributed by atoms with Gasteiger partial charge in [0, 0.05) is 22.0 Å². The molecule has 3 rings (SSSR count). The van der Waals surface area contributed by atoms with Crippen LogP contribution in [-0.4, -0.2) is 19.0 Å². The fourth-order valence-corrected chi connectivity index (χ4v) is 3.73. The maximum atomic E-state index is 11.7. The van der Waals surface area contributed by atoms with E-state index in [1.54, 1.807) is 6.07 Å². The minimum Gasteiger partial charge on any atom is -0.468 e. The standard InChI is InChI=1S/C17H13BrClNO3/c18-16-14(19)7-13(17(20)22)12-6-10-5-9(3-4-23-8-21)1-2-11(10)15(12)16/h1-2,5,7-8H,3-4,6H2,(H2,20,22). The maximum absolute atomic E-state index is 11.7. The van der Waals surface area contributed by atoms with Crippen molar-refractivity contribution in [2.24, 2.45) is 5.73 Å². The Labute approximate surface area is 146 Å². The van der Waals surface area contributed by atoms with Crippen molar-refractivity contribution in [1.29, 1.82) is 0 Å². The van der Waals surface area contributed by atoms with Crippen molar-refractivity contribution in [2.75, 3.05) is 6.61 Å². The van der Waals surface area contributed by atoms with Crippen LogP contribution in [0.15, 0.2) is 28.7 Å². The van der Waals surface area contributed by atoms with Gasteiger partial charge in [0.1, 0.15) is 0 Å². The summed E-state index contributed by atoms with van der Waals surface area (Å²) in [7, 11) is 0. The molecule has 0 fully saturated rings. The average molecular weight is 395 g/mol. The van der Waals surface area contributed by atoms with Gasteiger partial charge in [-0.1, -0.05) is 29.8 Å². The first-order chi connectivity index (χ1) is 11.0. The van der Waals surface area contributed by atoms with E-state index in [1.807, 2.05) is 12.1 Å². The second kappa shape index (κ2) is 6.34. The molecule has 4 nitrogen and oxygen atoms in total. The molecule has 2 aromatic rings. The molecule has 2 N–H and O–H groups in total. The Bertz CT molecular complexity index is 820. The smallest absolute Gasteiger partial charge is 0.293 e. The minimum atomic E-state index is -0.483. The molecule has 0 aromatic heterocycles. The van der Waals surface area contributed by atoms with Crippen LogP contribution in [0.1, 0.15) is 27.0 Å². The van der Waals surface area contributed by atoms with E-state index in [4.69, 9.17) is 22.1 Å². The Balaban J connectivity index is 2.05. The van der Waals surface area contributed by atoms with Gasteiger partial charge in [-0.2, -0.15) is 0 Å². The molecule has 2 aromatic carbocycles. The predicted molar refractivity (Wildman–Crippen MR) is 91.6 cm³/mol. The average Bonchev–Trinajstić information content (AvgIpc) is 2.89. The summed E-state index contributed by atoms with van der Waals surface area (Å²) in [4.78, 5) is 21.9. The van der Waals surface area contributed by atoms with Gasteiger partial charge in [-0.25, -0.2) is 0 Å². The molecule has 0 saturated heterocycles. The lowest BCUT2D eigenvalue weighted by Crippen LogP contribution is -2.13. The number of hydrogen-bond acceptors (Lipinski definition) is 3. The number of carbonyl (C=O) groups excluding carboxylic acids is 2. The second-order valence-electron chi connectivity index (χ2n) is 5.32. The normalized spacial score (nSPS) is 11.7. The highest BCUT2D eigenvalue weighted by Gasteiger charge is 2.27. The van der Waals surface area contributed by atoms with E-state index in [0.717, 1.165) is 32.3 Å². The minimum absolute atomic E-state index is 0.345. The highest BCUT2D eigenvalue weighted by molar-refractivity contribution is 9.10. The van der Waals surface area contributed by atoms with Gasteiger partial charge in [0.05, 0.1) is 11.6 Å². The molecule has 0 heterocycles. The fourth-order valence-electron chi connectivity index (χ4n) is 2.96. The van der Waals surface area contributed by atoms with Gasteiger partial charge in [0.15, 0.2) is 0 Å². The van der Waals surface area contributed by atoms with Crippen LogP contribution in [0, 0.1) is 0 Å². The number of halogens is 2. The van der Waals surface area contributed by atoms with Crippen LogP contribution >= 0.6 is 27.5 Å². The van der Waals surface area contributed by atoms with Crippen molar-refractivity contribution < 1.29 is 14.3 Å². The van der Waals surface area contributed by atoms with E-state index in [0.29, 0.717) is 36.5 Å². The third kappa shape index (κ3) is 2.86. The summed E-state index contributed by atoms with van der Waals surface area (Å²) in [5.41, 5.74) is 11.0. The van der Waals surface area contributed by atoms with Crippen LogP contribution in [0.3, 0.4) is 0 Å². The molecule has 0 atom stereocenters. The van der Waals surface area contributed by atoms with E-state index in [1.165, 1.54) is 0 Å². The van der Waals surface area contributed by atoms with Gasteiger partial charge in [-0.15, -0.1) is 0 Å². The Morgan fingerprint density at radius 3 is 2.87 bits per heavy atom. The van der Waals surface area contributed by atoms with Gasteiger partial charge >= 0.3 is 0 Å². The molecule has 0 saturated carbocycles. The zero-order valence-corrected chi connectivity index (χ0v) is 14.4. The number of amides is 1. The van der Waals surface area contributed by atoms with Gasteiger partial charge in [-0.05, 0) is 50.7 Å². The first-order valence-corrected chi connectivity index (χ1v) is 8.18. The van der Waals surface area contributed by atoms with E-state index >= 15 is 0 Å². The monoisotopic (exact) mass is 393 g/mol. The van der Waals surface area contributed by atoms with Gasteiger partial charge in [0.2, 0.25) is 5.91 Å². The molecule has 6 heteroatoms. The topological polar surface area (TPSA) is 69.4 Å². The molecule has 118 valence electrons. The van der Waals surface area contributed by atoms with E-state index in [-0.39, 0.29) is 0 Å². The first kappa shape index (κ1) is 16.0. The number of fused-ring (bicyclic) bond motifs is 3. The van der Waals surface area contributed by atoms with Crippen molar-refractivity contribution in [1.82, 2.24) is 0 Å². The summed E-state index contributed by atoms with van der Waals surface area (Å²) in [6.45, 7) is 0.790. The van der Waals surface area contributed by atoms with Crippen molar-refractivity contribution in [2.45, 2.75) is 12.8 Å². The largest absolute Gasteiger partial charge is 0.468 e. The Kier molecular flexibility index (Phi) is 4.41. The molecule has 1 amide bonds. The second-order valence-corrected chi connectivity index (χ2v) is 6.52. The number of nitrogens with two attached hydrogens (primary N) is 1. The Hall–Kier alpha value is -1.85. The van der Waals surface area contributed by atoms with E-state index in [2.05, 4.69) is 22.0 Å². The molecule has 0 aliphatic heterocycles. The number of hydrogen-bond donors (Lipinski definition) is 1. The number of carbonyl (C=O) groups is 2. The van der Waals surface area contributed by atoms with Crippen LogP contribution in [0.5, 0.6) is 0 Å². The van der Waals surface area contributed by atoms with Crippen LogP contribution in [0.25, 0.3) is 11.1 Å². The fraction of sp³-hybridized carbons (Fsp3) is 0.176. The predicted octanol–water partition coefficient (Wildman–Crippen LogP) is 3.49. The molecule has 0 bridgehead atoms. The summed E-state index contributed by atoms with van der Waals surface area (Å²) in [6.07, 6.45) is 1.27. The van der Waals surface area contributed by atoms with E-state index < -0.39 is 5.91 Å². The van der Waals surface area contributed by atoms with Gasteiger partial charge < -0.3 is 10.5 Å². The lowest BCUT2D eigenvalue weighted by Gasteiger charge is -2.10. The quantitative estimate of drug-likeness (QED) is 0.532. The summed E-state index contributed by atoms with van der Waals surface area (Å²) in [6, 6.07) is 7.66. The zero-order chi connectivity index (χ0) is 16.6. The van der Waals surface area contributed by atoms with Crippen molar-refractivity contribution in [3.8, 4) is 11.1 Å². The Morgan fingerprint density at radius 1 is 1.39 bits per heavy atom. The molecule has 0 radical (unpaired) electrons. The SMILES string of the molecule is NC(=O)c1cc(Cl)c(Br)c2c1Cc1cc(CCOC=O)ccc1-2. The van der Waals surface area contributed by atoms with Crippen LogP contribution in [-0.2, 0) is 22.4 Å². The number of rotatable bonds is 5. The third-order valence-electron chi connectivity index (χ3n) is 3.98. The van der Waals surface area contributed by atoms with Crippen LogP contribution < -0.4 is 5.73 Å². The number of ether oxygens (including phenoxy) is 1. The summed E-state index contributed by atoms with van der Waals surface area (Å²) in [5, 5.41) is 0.467. The molecule has 1 aliphatic rings. The van der Waals surface area contributed by atoms with Crippen LogP contribution in [0.2, 0.25) is 5.02 Å². The molecule has 23 heavy (non-hydrogen) atoms. The maximum Gasteiger partial charge on any atom is 0.293 e. The molecular formula is C17H13BrClNO3. The highest BCUT2D eigenvalue weighted by atomic mass is 79.9. The summed E-state index contributed by atoms with van der Waals surface area (Å²) in [5.74, 6) is -0.483. The number of benzene rings is 2. The number of primary amides is 1. The molecule has 0 spiro atoms. The first-order valence-electron chi connectivity index (χ1n) is 7.01. The lowest BCUT2D eigenvalue weighted by molar-refractivity contribution is -0.128. The van der Waals surface area contributed by atoms with E-state index in [9.17, 15) is 9.59 Å². The van der Waals surface area contributed by atoms with Crippen LogP contribution in [0.4, 0.5) is 0 Å². The van der Waals surface area contributed by atoms with Crippen molar-refractivity contribution in [3.63, 3.8) is 0 Å². The third-order valence-corrected chi connectivity index (χ3v) is 5.33. The molecule has 0 unspecified atom stereocenters. The van der Waals surface area contributed by atoms with Crippen molar-refractivity contribution >= 4 is 39.9 Å². The summed E-state index contributed by atoms with van der Waals surface area (Å²) < 4.78 is 5.51. The zero-order valence-electron chi connectivity index (χ0n) is 12.1. The molecule has 1 aliphatic carbocycles.